The van der Waals surface area contributed by atoms with Crippen molar-refractivity contribution in [3.05, 3.63) is 46.5 Å². The van der Waals surface area contributed by atoms with Gasteiger partial charge in [-0.05, 0) is 38.1 Å². The first-order valence-electron chi connectivity index (χ1n) is 5.92. The van der Waals surface area contributed by atoms with Gasteiger partial charge in [-0.1, -0.05) is 0 Å². The number of carbonyl (C=O) groups excluding carboxylic acids is 1. The van der Waals surface area contributed by atoms with E-state index < -0.39 is 5.78 Å². The Morgan fingerprint density at radius 1 is 0.750 bits per heavy atom. The molecule has 0 unspecified atom stereocenters. The van der Waals surface area contributed by atoms with E-state index in [0.717, 1.165) is 0 Å². The molecule has 0 aliphatic heterocycles. The highest BCUT2D eigenvalue weighted by Gasteiger charge is 2.21. The van der Waals surface area contributed by atoms with Gasteiger partial charge in [0.15, 0.2) is 5.78 Å². The van der Waals surface area contributed by atoms with Gasteiger partial charge in [-0.3, -0.25) is 4.79 Å². The molecular weight excluding hydrogens is 260 g/mol. The Morgan fingerprint density at radius 2 is 1.10 bits per heavy atom. The molecule has 0 aliphatic carbocycles. The van der Waals surface area contributed by atoms with Crippen LogP contribution < -0.4 is 0 Å². The second-order valence-electron chi connectivity index (χ2n) is 4.54. The van der Waals surface area contributed by atoms with Gasteiger partial charge in [-0.2, -0.15) is 0 Å². The summed E-state index contributed by atoms with van der Waals surface area (Å²) in [4.78, 5) is 12.3. The molecule has 20 heavy (non-hydrogen) atoms. The molecule has 5 nitrogen and oxygen atoms in total. The maximum Gasteiger partial charge on any atom is 0.200 e. The molecule has 2 aromatic rings. The second-order valence-corrected chi connectivity index (χ2v) is 4.54. The van der Waals surface area contributed by atoms with Crippen LogP contribution in [0.2, 0.25) is 0 Å². The van der Waals surface area contributed by atoms with Crippen LogP contribution >= 0.6 is 0 Å². The number of phenols is 4. The molecule has 0 aliphatic rings. The van der Waals surface area contributed by atoms with E-state index in [9.17, 15) is 25.2 Å². The lowest BCUT2D eigenvalue weighted by atomic mass is 9.97. The Labute approximate surface area is 115 Å². The average molecular weight is 274 g/mol. The summed E-state index contributed by atoms with van der Waals surface area (Å²) < 4.78 is 0. The fourth-order valence-electron chi connectivity index (χ4n) is 1.89. The number of hydrogen-bond donors (Lipinski definition) is 4. The van der Waals surface area contributed by atoms with Crippen LogP contribution in [0.4, 0.5) is 0 Å². The Morgan fingerprint density at radius 3 is 1.45 bits per heavy atom. The van der Waals surface area contributed by atoms with Crippen molar-refractivity contribution in [3.63, 3.8) is 0 Å². The van der Waals surface area contributed by atoms with Gasteiger partial charge in [0.1, 0.15) is 23.0 Å². The van der Waals surface area contributed by atoms with Crippen LogP contribution in [-0.4, -0.2) is 26.2 Å². The van der Waals surface area contributed by atoms with Crippen LogP contribution in [0.25, 0.3) is 0 Å². The predicted octanol–water partition coefficient (Wildman–Crippen LogP) is 2.36. The molecule has 0 spiro atoms. The zero-order valence-electron chi connectivity index (χ0n) is 11.0. The quantitative estimate of drug-likeness (QED) is 0.630. The third kappa shape index (κ3) is 2.03. The number of aromatic hydroxyl groups is 4. The smallest absolute Gasteiger partial charge is 0.200 e. The second kappa shape index (κ2) is 4.77. The van der Waals surface area contributed by atoms with E-state index in [1.165, 1.54) is 38.1 Å². The molecule has 0 radical (unpaired) electrons. The van der Waals surface area contributed by atoms with Crippen molar-refractivity contribution < 1.29 is 25.2 Å². The Balaban J connectivity index is 2.58. The highest BCUT2D eigenvalue weighted by atomic mass is 16.3. The van der Waals surface area contributed by atoms with Gasteiger partial charge < -0.3 is 20.4 Å². The summed E-state index contributed by atoms with van der Waals surface area (Å²) >= 11 is 0. The van der Waals surface area contributed by atoms with Crippen LogP contribution in [0.3, 0.4) is 0 Å². The van der Waals surface area contributed by atoms with Crippen LogP contribution in [-0.2, 0) is 0 Å². The molecule has 2 rings (SSSR count). The van der Waals surface area contributed by atoms with Gasteiger partial charge >= 0.3 is 0 Å². The van der Waals surface area contributed by atoms with Gasteiger partial charge in [0, 0.05) is 11.1 Å². The maximum absolute atomic E-state index is 12.3. The van der Waals surface area contributed by atoms with Crippen molar-refractivity contribution >= 4 is 5.78 Å². The van der Waals surface area contributed by atoms with Crippen LogP contribution in [0.15, 0.2) is 24.3 Å². The van der Waals surface area contributed by atoms with Crippen molar-refractivity contribution in [3.8, 4) is 23.0 Å². The summed E-state index contributed by atoms with van der Waals surface area (Å²) in [6.45, 7) is 2.95. The molecule has 4 N–H and O–H groups in total. The van der Waals surface area contributed by atoms with E-state index >= 15 is 0 Å². The molecule has 0 heterocycles. The summed E-state index contributed by atoms with van der Waals surface area (Å²) in [5.41, 5.74) is 0.318. The normalized spacial score (nSPS) is 10.5. The average Bonchev–Trinajstić information content (AvgIpc) is 2.42. The number of rotatable bonds is 2. The summed E-state index contributed by atoms with van der Waals surface area (Å²) in [5.74, 6) is -1.50. The fourth-order valence-corrected chi connectivity index (χ4v) is 1.89. The lowest BCUT2D eigenvalue weighted by molar-refractivity contribution is 0.103. The molecule has 104 valence electrons. The van der Waals surface area contributed by atoms with E-state index in [1.54, 1.807) is 0 Å². The lowest BCUT2D eigenvalue weighted by Crippen LogP contribution is -2.03. The van der Waals surface area contributed by atoms with Crippen LogP contribution in [0, 0.1) is 13.8 Å². The number of phenolic OH excluding ortho intramolecular Hbond substituents is 4. The monoisotopic (exact) mass is 274 g/mol. The summed E-state index contributed by atoms with van der Waals surface area (Å²) in [5, 5.41) is 38.7. The van der Waals surface area contributed by atoms with Crippen LogP contribution in [0.1, 0.15) is 27.0 Å². The molecule has 2 aromatic carbocycles. The molecule has 0 saturated carbocycles. The lowest BCUT2D eigenvalue weighted by Gasteiger charge is -2.11. The first-order chi connectivity index (χ1) is 9.34. The Hall–Kier alpha value is -2.69. The first-order valence-corrected chi connectivity index (χ1v) is 5.92. The predicted molar refractivity (Wildman–Crippen MR) is 72.4 cm³/mol. The minimum Gasteiger partial charge on any atom is -0.508 e. The Bertz CT molecular complexity index is 644. The molecule has 0 amide bonds. The van der Waals surface area contributed by atoms with Gasteiger partial charge in [-0.15, -0.1) is 0 Å². The molecule has 0 aromatic heterocycles. The van der Waals surface area contributed by atoms with Crippen molar-refractivity contribution in [2.24, 2.45) is 0 Å². The van der Waals surface area contributed by atoms with Gasteiger partial charge in [0.25, 0.3) is 0 Å². The minimum atomic E-state index is -0.591. The highest BCUT2D eigenvalue weighted by Crippen LogP contribution is 2.35. The highest BCUT2D eigenvalue weighted by molar-refractivity contribution is 6.12. The number of hydrogen-bond acceptors (Lipinski definition) is 5. The van der Waals surface area contributed by atoms with E-state index in [-0.39, 0.29) is 45.3 Å². The molecule has 0 atom stereocenters. The van der Waals surface area contributed by atoms with E-state index in [0.29, 0.717) is 0 Å². The van der Waals surface area contributed by atoms with Gasteiger partial charge in [0.2, 0.25) is 0 Å². The molecule has 0 fully saturated rings. The van der Waals surface area contributed by atoms with E-state index in [4.69, 9.17) is 0 Å². The largest absolute Gasteiger partial charge is 0.508 e. The van der Waals surface area contributed by atoms with Crippen LogP contribution in [0.5, 0.6) is 23.0 Å². The standard InChI is InChI=1S/C15H14O5/c1-7-11(16)5-3-9(13(7)18)15(20)10-4-6-12(17)8(2)14(10)19/h3-6,16-19H,1-2H3. The zero-order valence-corrected chi connectivity index (χ0v) is 11.0. The van der Waals surface area contributed by atoms with Crippen molar-refractivity contribution in [2.45, 2.75) is 13.8 Å². The van der Waals surface area contributed by atoms with Crippen molar-refractivity contribution in [2.75, 3.05) is 0 Å². The topological polar surface area (TPSA) is 98.0 Å². The van der Waals surface area contributed by atoms with Gasteiger partial charge in [-0.25, -0.2) is 0 Å². The number of ketones is 1. The first kappa shape index (κ1) is 13.7. The van der Waals surface area contributed by atoms with Crippen molar-refractivity contribution in [1.29, 1.82) is 0 Å². The Kier molecular flexibility index (Phi) is 3.28. The number of carbonyl (C=O) groups is 1. The maximum atomic E-state index is 12.3. The van der Waals surface area contributed by atoms with Gasteiger partial charge in [0.05, 0.1) is 11.1 Å². The minimum absolute atomic E-state index is 0.0271. The summed E-state index contributed by atoms with van der Waals surface area (Å²) in [7, 11) is 0. The van der Waals surface area contributed by atoms with Crippen molar-refractivity contribution in [1.82, 2.24) is 0 Å². The molecule has 0 saturated heterocycles. The van der Waals surface area contributed by atoms with E-state index in [1.807, 2.05) is 0 Å². The summed E-state index contributed by atoms with van der Waals surface area (Å²) in [6.07, 6.45) is 0. The number of benzene rings is 2. The third-order valence-corrected chi connectivity index (χ3v) is 3.29. The zero-order chi connectivity index (χ0) is 15.0. The summed E-state index contributed by atoms with van der Waals surface area (Å²) in [6, 6.07) is 5.16. The van der Waals surface area contributed by atoms with E-state index in [2.05, 4.69) is 0 Å². The molecule has 0 bridgehead atoms. The molecule has 5 heteroatoms. The SMILES string of the molecule is Cc1c(O)ccc(C(=O)c2ccc(O)c(C)c2O)c1O. The molecular formula is C15H14O5. The third-order valence-electron chi connectivity index (χ3n) is 3.29. The fraction of sp³-hybridized carbons (Fsp3) is 0.133.